The highest BCUT2D eigenvalue weighted by atomic mass is 16.7. The molecule has 0 atom stereocenters. The number of rotatable bonds is 8. The maximum atomic E-state index is 8.69. The van der Waals surface area contributed by atoms with Crippen LogP contribution in [0.15, 0.2) is 49.7 Å². The molecule has 0 saturated heterocycles. The van der Waals surface area contributed by atoms with E-state index in [1.807, 2.05) is 0 Å². The largest absolute Gasteiger partial charge is 0.508 e. The van der Waals surface area contributed by atoms with Crippen LogP contribution in [0, 0.1) is 0 Å². The average Bonchev–Trinajstić information content (AvgIpc) is 2.28. The Hall–Kier alpha value is -2.04. The van der Waals surface area contributed by atoms with Crippen LogP contribution in [0.25, 0.3) is 0 Å². The van der Waals surface area contributed by atoms with Crippen LogP contribution in [0.1, 0.15) is 0 Å². The summed E-state index contributed by atoms with van der Waals surface area (Å²) >= 11 is 0. The SMILES string of the molecule is C=CCOC(=CO)OC(=CO)OCC=C. The minimum absolute atomic E-state index is 0.159. The van der Waals surface area contributed by atoms with Gasteiger partial charge in [0.2, 0.25) is 0 Å². The molecule has 0 aliphatic heterocycles. The third-order valence-corrected chi connectivity index (χ3v) is 1.10. The monoisotopic (exact) mass is 214 g/mol. The Morgan fingerprint density at radius 2 is 1.33 bits per heavy atom. The van der Waals surface area contributed by atoms with E-state index in [0.717, 1.165) is 0 Å². The van der Waals surface area contributed by atoms with Gasteiger partial charge in [-0.25, -0.2) is 0 Å². The quantitative estimate of drug-likeness (QED) is 0.478. The Labute approximate surface area is 88.2 Å². The predicted octanol–water partition coefficient (Wildman–Crippen LogP) is 2.12. The van der Waals surface area contributed by atoms with Crippen LogP contribution in [0.2, 0.25) is 0 Å². The summed E-state index contributed by atoms with van der Waals surface area (Å²) in [5, 5.41) is 17.4. The first kappa shape index (κ1) is 13.0. The Bertz CT molecular complexity index is 229. The van der Waals surface area contributed by atoms with Gasteiger partial charge in [0.15, 0.2) is 12.5 Å². The van der Waals surface area contributed by atoms with Crippen molar-refractivity contribution in [2.24, 2.45) is 0 Å². The van der Waals surface area contributed by atoms with Crippen LogP contribution in [0.3, 0.4) is 0 Å². The second-order valence-electron chi connectivity index (χ2n) is 2.20. The molecule has 0 aromatic carbocycles. The van der Waals surface area contributed by atoms with Crippen LogP contribution >= 0.6 is 0 Å². The molecule has 0 aliphatic carbocycles. The molecule has 0 radical (unpaired) electrons. The van der Waals surface area contributed by atoms with Crippen molar-refractivity contribution in [3.63, 3.8) is 0 Å². The van der Waals surface area contributed by atoms with Crippen LogP contribution in [-0.4, -0.2) is 23.4 Å². The normalized spacial score (nSPS) is 11.7. The van der Waals surface area contributed by atoms with Crippen LogP contribution in [0.4, 0.5) is 0 Å². The zero-order valence-electron chi connectivity index (χ0n) is 8.26. The fraction of sp³-hybridized carbons (Fsp3) is 0.200. The molecule has 0 saturated carbocycles. The fourth-order valence-corrected chi connectivity index (χ4v) is 0.567. The molecular formula is C10H14O5. The summed E-state index contributed by atoms with van der Waals surface area (Å²) in [4.78, 5) is 0. The number of hydrogen-bond donors (Lipinski definition) is 2. The van der Waals surface area contributed by atoms with Crippen molar-refractivity contribution in [3.8, 4) is 0 Å². The molecule has 0 rings (SSSR count). The highest BCUT2D eigenvalue weighted by Crippen LogP contribution is 2.08. The van der Waals surface area contributed by atoms with Crippen LogP contribution in [0.5, 0.6) is 0 Å². The maximum Gasteiger partial charge on any atom is 0.323 e. The van der Waals surface area contributed by atoms with E-state index in [2.05, 4.69) is 13.2 Å². The van der Waals surface area contributed by atoms with Crippen molar-refractivity contribution in [2.45, 2.75) is 0 Å². The Morgan fingerprint density at radius 3 is 1.60 bits per heavy atom. The highest BCUT2D eigenvalue weighted by molar-refractivity contribution is 4.86. The molecule has 0 aliphatic rings. The summed E-state index contributed by atoms with van der Waals surface area (Å²) < 4.78 is 14.6. The molecule has 0 aromatic heterocycles. The molecular weight excluding hydrogens is 200 g/mol. The second-order valence-corrected chi connectivity index (χ2v) is 2.20. The first-order valence-electron chi connectivity index (χ1n) is 4.12. The van der Waals surface area contributed by atoms with Gasteiger partial charge in [-0.3, -0.25) is 0 Å². The lowest BCUT2D eigenvalue weighted by molar-refractivity contribution is -0.00319. The summed E-state index contributed by atoms with van der Waals surface area (Å²) in [7, 11) is 0. The minimum Gasteiger partial charge on any atom is -0.508 e. The van der Waals surface area contributed by atoms with Gasteiger partial charge in [-0.05, 0) is 0 Å². The van der Waals surface area contributed by atoms with Gasteiger partial charge in [-0.15, -0.1) is 0 Å². The van der Waals surface area contributed by atoms with Crippen molar-refractivity contribution >= 4 is 0 Å². The van der Waals surface area contributed by atoms with Gasteiger partial charge in [-0.2, -0.15) is 0 Å². The van der Waals surface area contributed by atoms with E-state index in [1.165, 1.54) is 12.2 Å². The third-order valence-electron chi connectivity index (χ3n) is 1.10. The summed E-state index contributed by atoms with van der Waals surface area (Å²) in [5.41, 5.74) is 0. The molecule has 0 fully saturated rings. The molecule has 0 bridgehead atoms. The molecule has 84 valence electrons. The van der Waals surface area contributed by atoms with E-state index >= 15 is 0 Å². The zero-order chi connectivity index (χ0) is 11.5. The first-order chi connectivity index (χ1) is 7.28. The maximum absolute atomic E-state index is 8.69. The summed E-state index contributed by atoms with van der Waals surface area (Å²) in [5.74, 6) is -0.418. The lowest BCUT2D eigenvalue weighted by Gasteiger charge is -2.10. The summed E-state index contributed by atoms with van der Waals surface area (Å²) in [6, 6.07) is 0. The Balaban J connectivity index is 4.13. The second kappa shape index (κ2) is 8.55. The summed E-state index contributed by atoms with van der Waals surface area (Å²) in [6.07, 6.45) is 4.15. The van der Waals surface area contributed by atoms with Crippen molar-refractivity contribution in [2.75, 3.05) is 13.2 Å². The molecule has 5 heteroatoms. The number of aliphatic hydroxyl groups is 2. The average molecular weight is 214 g/mol. The van der Waals surface area contributed by atoms with E-state index in [-0.39, 0.29) is 25.1 Å². The van der Waals surface area contributed by atoms with E-state index < -0.39 is 0 Å². The van der Waals surface area contributed by atoms with Gasteiger partial charge in [0, 0.05) is 0 Å². The van der Waals surface area contributed by atoms with Gasteiger partial charge in [0.25, 0.3) is 0 Å². The lowest BCUT2D eigenvalue weighted by atomic mass is 10.7. The molecule has 0 aromatic rings. The zero-order valence-corrected chi connectivity index (χ0v) is 8.26. The van der Waals surface area contributed by atoms with E-state index in [4.69, 9.17) is 24.4 Å². The van der Waals surface area contributed by atoms with Crippen molar-refractivity contribution in [1.29, 1.82) is 0 Å². The minimum atomic E-state index is -0.209. The molecule has 2 N–H and O–H groups in total. The number of ether oxygens (including phenoxy) is 3. The molecule has 5 nitrogen and oxygen atoms in total. The fourth-order valence-electron chi connectivity index (χ4n) is 0.567. The van der Waals surface area contributed by atoms with E-state index in [0.29, 0.717) is 12.5 Å². The van der Waals surface area contributed by atoms with Gasteiger partial charge < -0.3 is 24.4 Å². The summed E-state index contributed by atoms with van der Waals surface area (Å²) in [6.45, 7) is 7.15. The number of aliphatic hydroxyl groups excluding tert-OH is 2. The van der Waals surface area contributed by atoms with Crippen molar-refractivity contribution in [3.05, 3.63) is 49.7 Å². The van der Waals surface area contributed by atoms with Crippen LogP contribution < -0.4 is 0 Å². The molecule has 0 spiro atoms. The van der Waals surface area contributed by atoms with Gasteiger partial charge >= 0.3 is 11.9 Å². The first-order valence-corrected chi connectivity index (χ1v) is 4.12. The molecule has 0 amide bonds. The molecule has 0 unspecified atom stereocenters. The smallest absolute Gasteiger partial charge is 0.323 e. The van der Waals surface area contributed by atoms with Crippen LogP contribution in [-0.2, 0) is 14.2 Å². The van der Waals surface area contributed by atoms with Gasteiger partial charge in [-0.1, -0.05) is 25.3 Å². The van der Waals surface area contributed by atoms with Gasteiger partial charge in [0.1, 0.15) is 13.2 Å². The number of hydrogen-bond acceptors (Lipinski definition) is 5. The topological polar surface area (TPSA) is 68.2 Å². The standard InChI is InChI=1S/C10H14O5/c1-3-5-13-9(7-11)15-10(8-12)14-6-4-2/h3-4,7-8,11-12H,1-2,5-6H2. The predicted molar refractivity (Wildman–Crippen MR) is 54.8 cm³/mol. The van der Waals surface area contributed by atoms with Crippen molar-refractivity contribution < 1.29 is 24.4 Å². The van der Waals surface area contributed by atoms with E-state index in [1.54, 1.807) is 0 Å². The third kappa shape index (κ3) is 6.09. The Kier molecular flexibility index (Phi) is 7.39. The molecule has 15 heavy (non-hydrogen) atoms. The molecule has 0 heterocycles. The van der Waals surface area contributed by atoms with E-state index in [9.17, 15) is 0 Å². The van der Waals surface area contributed by atoms with Gasteiger partial charge in [0.05, 0.1) is 0 Å². The lowest BCUT2D eigenvalue weighted by Crippen LogP contribution is -2.02. The van der Waals surface area contributed by atoms with Crippen molar-refractivity contribution in [1.82, 2.24) is 0 Å². The highest BCUT2D eigenvalue weighted by Gasteiger charge is 2.05. The Morgan fingerprint density at radius 1 is 0.933 bits per heavy atom.